The maximum atomic E-state index is 14.4. The van der Waals surface area contributed by atoms with Crippen LogP contribution in [0.15, 0.2) is 60.7 Å². The number of likely N-dealkylation sites (tertiary alicyclic amines) is 2. The van der Waals surface area contributed by atoms with Gasteiger partial charge in [0.1, 0.15) is 0 Å². The van der Waals surface area contributed by atoms with Gasteiger partial charge in [0.2, 0.25) is 5.91 Å². The van der Waals surface area contributed by atoms with Crippen LogP contribution in [-0.2, 0) is 15.7 Å². The minimum absolute atomic E-state index is 0.0160. The van der Waals surface area contributed by atoms with Crippen molar-refractivity contribution in [3.63, 3.8) is 0 Å². The van der Waals surface area contributed by atoms with Gasteiger partial charge in [-0.25, -0.2) is 13.2 Å². The second-order valence-corrected chi connectivity index (χ2v) is 11.6. The van der Waals surface area contributed by atoms with Crippen molar-refractivity contribution < 1.29 is 22.8 Å². The van der Waals surface area contributed by atoms with E-state index in [2.05, 4.69) is 17.1 Å². The normalized spacial score (nSPS) is 20.7. The third kappa shape index (κ3) is 5.57. The number of hydrogen-bond acceptors (Lipinski definition) is 3. The third-order valence-corrected chi connectivity index (χ3v) is 9.27. The second kappa shape index (κ2) is 11.7. The summed E-state index contributed by atoms with van der Waals surface area (Å²) in [6, 6.07) is 16.1. The summed E-state index contributed by atoms with van der Waals surface area (Å²) in [5.74, 6) is -5.37. The Balaban J connectivity index is 1.51. The lowest BCUT2D eigenvalue weighted by Gasteiger charge is -2.43. The molecule has 5 rings (SSSR count). The van der Waals surface area contributed by atoms with E-state index in [1.54, 1.807) is 18.2 Å². The van der Waals surface area contributed by atoms with Crippen molar-refractivity contribution in [2.75, 3.05) is 32.7 Å². The fraction of sp³-hybridized carbons (Fsp3) is 0.355. The molecule has 41 heavy (non-hydrogen) atoms. The molecule has 2 fully saturated rings. The van der Waals surface area contributed by atoms with Crippen LogP contribution >= 0.6 is 23.2 Å². The van der Waals surface area contributed by atoms with Gasteiger partial charge < -0.3 is 15.1 Å². The monoisotopic (exact) mass is 603 g/mol. The average molecular weight is 605 g/mol. The molecule has 0 aliphatic carbocycles. The Morgan fingerprint density at radius 3 is 2.12 bits per heavy atom. The zero-order valence-electron chi connectivity index (χ0n) is 22.5. The molecule has 2 heterocycles. The van der Waals surface area contributed by atoms with Gasteiger partial charge in [0, 0.05) is 18.7 Å². The molecule has 1 unspecified atom stereocenters. The molecule has 3 aromatic carbocycles. The highest BCUT2D eigenvalue weighted by molar-refractivity contribution is 6.42. The number of piperidine rings is 1. The van der Waals surface area contributed by atoms with Crippen molar-refractivity contribution in [2.24, 2.45) is 0 Å². The minimum Gasteiger partial charge on any atom is -0.344 e. The maximum absolute atomic E-state index is 14.4. The van der Waals surface area contributed by atoms with Crippen molar-refractivity contribution >= 4 is 35.0 Å². The molecule has 0 aromatic heterocycles. The van der Waals surface area contributed by atoms with E-state index >= 15 is 0 Å². The molecule has 0 radical (unpaired) electrons. The maximum Gasteiger partial charge on any atom is 0.254 e. The number of carbonyl (C=O) groups is 2. The summed E-state index contributed by atoms with van der Waals surface area (Å²) >= 11 is 12.6. The van der Waals surface area contributed by atoms with E-state index in [0.29, 0.717) is 47.0 Å². The van der Waals surface area contributed by atoms with Crippen molar-refractivity contribution in [3.05, 3.63) is 105 Å². The van der Waals surface area contributed by atoms with E-state index in [4.69, 9.17) is 23.2 Å². The topological polar surface area (TPSA) is 52.7 Å². The van der Waals surface area contributed by atoms with Gasteiger partial charge in [-0.1, -0.05) is 66.5 Å². The van der Waals surface area contributed by atoms with Crippen molar-refractivity contribution in [2.45, 2.75) is 37.1 Å². The summed E-state index contributed by atoms with van der Waals surface area (Å²) in [7, 11) is 0. The number of benzene rings is 3. The largest absolute Gasteiger partial charge is 0.344 e. The zero-order chi connectivity index (χ0) is 29.4. The molecule has 0 saturated carbocycles. The zero-order valence-corrected chi connectivity index (χ0v) is 24.0. The quantitative estimate of drug-likeness (QED) is 0.335. The number of nitrogens with one attached hydrogen (secondary N) is 1. The molecular weight excluding hydrogens is 574 g/mol. The Hall–Kier alpha value is -3.07. The summed E-state index contributed by atoms with van der Waals surface area (Å²) < 4.78 is 41.5. The van der Waals surface area contributed by atoms with Gasteiger partial charge >= 0.3 is 0 Å². The van der Waals surface area contributed by atoms with E-state index in [-0.39, 0.29) is 24.6 Å². The second-order valence-electron chi connectivity index (χ2n) is 10.8. The van der Waals surface area contributed by atoms with Gasteiger partial charge in [-0.3, -0.25) is 9.59 Å². The van der Waals surface area contributed by atoms with Crippen molar-refractivity contribution in [1.29, 1.82) is 0 Å². The van der Waals surface area contributed by atoms with E-state index in [1.807, 2.05) is 30.3 Å². The first-order valence-electron chi connectivity index (χ1n) is 13.6. The fourth-order valence-corrected chi connectivity index (χ4v) is 6.34. The lowest BCUT2D eigenvalue weighted by Crippen LogP contribution is -2.57. The third-order valence-electron chi connectivity index (χ3n) is 8.53. The highest BCUT2D eigenvalue weighted by Crippen LogP contribution is 2.41. The Morgan fingerprint density at radius 1 is 0.854 bits per heavy atom. The van der Waals surface area contributed by atoms with Crippen LogP contribution in [0.5, 0.6) is 0 Å². The van der Waals surface area contributed by atoms with Crippen molar-refractivity contribution in [3.8, 4) is 0 Å². The van der Waals surface area contributed by atoms with Crippen LogP contribution in [0.4, 0.5) is 13.2 Å². The lowest BCUT2D eigenvalue weighted by atomic mass is 9.71. The van der Waals surface area contributed by atoms with Crippen LogP contribution in [0.1, 0.15) is 47.7 Å². The smallest absolute Gasteiger partial charge is 0.254 e. The number of carbonyl (C=O) groups excluding carboxylic acids is 2. The standard InChI is InChI=1S/C31H30Cl2F3N3O2/c1-2-38-13-10-30(11-14-38,21-6-4-3-5-7-21)29(41)37-31(22-8-9-23(32)24(33)18-22)12-15-39(19-31)28(40)20-16-25(34)27(36)26(35)17-20/h3-9,16-18H,2,10-15,19H2,1H3,(H,37,41). The lowest BCUT2D eigenvalue weighted by molar-refractivity contribution is -0.130. The van der Waals surface area contributed by atoms with Gasteiger partial charge in [-0.15, -0.1) is 0 Å². The SMILES string of the molecule is CCN1CCC(C(=O)NC2(c3ccc(Cl)c(Cl)c3)CCN(C(=O)c3cc(F)c(F)c(F)c3)C2)(c2ccccc2)CC1. The van der Waals surface area contributed by atoms with Gasteiger partial charge in [-0.05, 0) is 74.3 Å². The molecular formula is C31H30Cl2F3N3O2. The van der Waals surface area contributed by atoms with Gasteiger partial charge in [-0.2, -0.15) is 0 Å². The van der Waals surface area contributed by atoms with Crippen LogP contribution < -0.4 is 5.32 Å². The summed E-state index contributed by atoms with van der Waals surface area (Å²) in [5, 5.41) is 3.94. The first kappa shape index (κ1) is 29.4. The Kier molecular flexibility index (Phi) is 8.37. The molecule has 2 saturated heterocycles. The molecule has 2 aliphatic rings. The van der Waals surface area contributed by atoms with Gasteiger partial charge in [0.25, 0.3) is 5.91 Å². The highest BCUT2D eigenvalue weighted by atomic mass is 35.5. The molecule has 1 atom stereocenters. The highest BCUT2D eigenvalue weighted by Gasteiger charge is 2.49. The fourth-order valence-electron chi connectivity index (χ4n) is 6.04. The van der Waals surface area contributed by atoms with Crippen LogP contribution in [0, 0.1) is 17.5 Å². The summed E-state index contributed by atoms with van der Waals surface area (Å²) in [4.78, 5) is 31.5. The molecule has 0 bridgehead atoms. The molecule has 2 amide bonds. The number of rotatable bonds is 6. The van der Waals surface area contributed by atoms with Gasteiger partial charge in [0.15, 0.2) is 17.5 Å². The molecule has 3 aromatic rings. The minimum atomic E-state index is -1.64. The molecule has 0 spiro atoms. The van der Waals surface area contributed by atoms with E-state index in [1.165, 1.54) is 4.90 Å². The Bertz CT molecular complexity index is 1440. The van der Waals surface area contributed by atoms with E-state index in [0.717, 1.165) is 25.2 Å². The Labute approximate surface area is 247 Å². The first-order chi connectivity index (χ1) is 19.6. The molecule has 216 valence electrons. The van der Waals surface area contributed by atoms with E-state index in [9.17, 15) is 22.8 Å². The summed E-state index contributed by atoms with van der Waals surface area (Å²) in [6.07, 6.45) is 1.55. The van der Waals surface area contributed by atoms with E-state index < -0.39 is 34.3 Å². The number of halogens is 5. The number of hydrogen-bond donors (Lipinski definition) is 1. The Morgan fingerprint density at radius 2 is 1.51 bits per heavy atom. The van der Waals surface area contributed by atoms with Crippen LogP contribution in [-0.4, -0.2) is 54.3 Å². The molecule has 1 N–H and O–H groups in total. The predicted molar refractivity (Wildman–Crippen MR) is 153 cm³/mol. The van der Waals surface area contributed by atoms with Gasteiger partial charge in [0.05, 0.1) is 21.0 Å². The molecule has 5 nitrogen and oxygen atoms in total. The number of amides is 2. The van der Waals surface area contributed by atoms with Crippen LogP contribution in [0.3, 0.4) is 0 Å². The average Bonchev–Trinajstić information content (AvgIpc) is 3.42. The van der Waals surface area contributed by atoms with Crippen molar-refractivity contribution in [1.82, 2.24) is 15.1 Å². The first-order valence-corrected chi connectivity index (χ1v) is 14.3. The molecule has 10 heteroatoms. The summed E-state index contributed by atoms with van der Waals surface area (Å²) in [6.45, 7) is 4.69. The molecule has 2 aliphatic heterocycles. The van der Waals surface area contributed by atoms with Crippen LogP contribution in [0.25, 0.3) is 0 Å². The summed E-state index contributed by atoms with van der Waals surface area (Å²) in [5.41, 5.74) is -0.592. The predicted octanol–water partition coefficient (Wildman–Crippen LogP) is 6.32. The number of nitrogens with zero attached hydrogens (tertiary/aromatic N) is 2. The van der Waals surface area contributed by atoms with Crippen LogP contribution in [0.2, 0.25) is 10.0 Å².